The Kier molecular flexibility index (Phi) is 4.60. The Balaban J connectivity index is 1.64. The number of aromatic nitrogens is 2. The molecule has 1 heterocycles. The van der Waals surface area contributed by atoms with Crippen LogP contribution in [-0.2, 0) is 19.9 Å². The van der Waals surface area contributed by atoms with Gasteiger partial charge in [0, 0.05) is 24.3 Å². The third-order valence-corrected chi connectivity index (χ3v) is 5.01. The minimum absolute atomic E-state index is 0.0116. The van der Waals surface area contributed by atoms with Crippen molar-refractivity contribution in [3.63, 3.8) is 0 Å². The monoisotopic (exact) mass is 326 g/mol. The van der Waals surface area contributed by atoms with Gasteiger partial charge < -0.3 is 10.6 Å². The molecule has 128 valence electrons. The molecule has 0 bridgehead atoms. The van der Waals surface area contributed by atoms with Crippen LogP contribution < -0.4 is 10.6 Å². The average molecular weight is 326 g/mol. The van der Waals surface area contributed by atoms with Crippen LogP contribution in [0.1, 0.15) is 47.5 Å². The minimum Gasteiger partial charge on any atom is -0.335 e. The van der Waals surface area contributed by atoms with Gasteiger partial charge >= 0.3 is 6.03 Å². The molecule has 0 radical (unpaired) electrons. The van der Waals surface area contributed by atoms with Crippen molar-refractivity contribution in [3.8, 4) is 0 Å². The Morgan fingerprint density at radius 3 is 2.42 bits per heavy atom. The van der Waals surface area contributed by atoms with E-state index in [2.05, 4.69) is 46.9 Å². The molecule has 1 aliphatic rings. The van der Waals surface area contributed by atoms with E-state index in [1.807, 2.05) is 25.6 Å². The molecule has 1 aromatic heterocycles. The molecule has 1 aliphatic carbocycles. The predicted octanol–water partition coefficient (Wildman–Crippen LogP) is 2.95. The molecule has 2 amide bonds. The van der Waals surface area contributed by atoms with Gasteiger partial charge in [-0.15, -0.1) is 0 Å². The van der Waals surface area contributed by atoms with E-state index in [0.717, 1.165) is 36.2 Å². The first kappa shape index (κ1) is 16.6. The second-order valence-corrected chi connectivity index (χ2v) is 6.66. The molecular weight excluding hydrogens is 300 g/mol. The molecule has 3 rings (SSSR count). The molecule has 0 fully saturated rings. The van der Waals surface area contributed by atoms with Crippen molar-refractivity contribution in [1.29, 1.82) is 0 Å². The zero-order valence-electron chi connectivity index (χ0n) is 14.9. The van der Waals surface area contributed by atoms with Crippen molar-refractivity contribution in [3.05, 3.63) is 52.3 Å². The van der Waals surface area contributed by atoms with Gasteiger partial charge in [0.05, 0.1) is 11.7 Å². The van der Waals surface area contributed by atoms with Gasteiger partial charge in [-0.25, -0.2) is 4.79 Å². The first-order chi connectivity index (χ1) is 11.5. The number of nitrogens with zero attached hydrogens (tertiary/aromatic N) is 2. The number of benzene rings is 1. The van der Waals surface area contributed by atoms with Crippen molar-refractivity contribution in [2.24, 2.45) is 7.05 Å². The van der Waals surface area contributed by atoms with Gasteiger partial charge in [0.15, 0.2) is 0 Å². The summed E-state index contributed by atoms with van der Waals surface area (Å²) in [7, 11) is 1.94. The van der Waals surface area contributed by atoms with E-state index in [-0.39, 0.29) is 18.1 Å². The van der Waals surface area contributed by atoms with E-state index < -0.39 is 0 Å². The number of carbonyl (C=O) groups is 1. The third-order valence-electron chi connectivity index (χ3n) is 5.01. The van der Waals surface area contributed by atoms with Crippen LogP contribution in [-0.4, -0.2) is 21.9 Å². The Morgan fingerprint density at radius 2 is 1.92 bits per heavy atom. The number of rotatable bonds is 4. The number of nitrogens with one attached hydrogen (secondary N) is 2. The smallest absolute Gasteiger partial charge is 0.315 e. The summed E-state index contributed by atoms with van der Waals surface area (Å²) < 4.78 is 1.88. The lowest BCUT2D eigenvalue weighted by molar-refractivity contribution is 0.233. The maximum Gasteiger partial charge on any atom is 0.315 e. The molecular formula is C19H26N4O. The van der Waals surface area contributed by atoms with Gasteiger partial charge in [0.25, 0.3) is 0 Å². The summed E-state index contributed by atoms with van der Waals surface area (Å²) in [4.78, 5) is 12.5. The second kappa shape index (κ2) is 6.67. The first-order valence-corrected chi connectivity index (χ1v) is 8.63. The SMILES string of the molecule is CC[C@H](NC(=O)NC1Cc2ccccc2C1)c1c(C)nn(C)c1C. The van der Waals surface area contributed by atoms with Crippen LogP contribution in [0.15, 0.2) is 24.3 Å². The molecule has 24 heavy (non-hydrogen) atoms. The zero-order chi connectivity index (χ0) is 17.3. The van der Waals surface area contributed by atoms with E-state index in [1.54, 1.807) is 0 Å². The maximum atomic E-state index is 12.5. The summed E-state index contributed by atoms with van der Waals surface area (Å²) in [6.07, 6.45) is 2.66. The summed E-state index contributed by atoms with van der Waals surface area (Å²) in [5.41, 5.74) is 5.90. The quantitative estimate of drug-likeness (QED) is 0.907. The van der Waals surface area contributed by atoms with Crippen molar-refractivity contribution < 1.29 is 4.79 Å². The molecule has 1 aromatic carbocycles. The van der Waals surface area contributed by atoms with Gasteiger partial charge in [-0.05, 0) is 44.2 Å². The van der Waals surface area contributed by atoms with Crippen LogP contribution in [0, 0.1) is 13.8 Å². The lowest BCUT2D eigenvalue weighted by Gasteiger charge is -2.20. The highest BCUT2D eigenvalue weighted by molar-refractivity contribution is 5.75. The summed E-state index contributed by atoms with van der Waals surface area (Å²) in [5, 5.41) is 10.7. The van der Waals surface area contributed by atoms with E-state index in [4.69, 9.17) is 0 Å². The Hall–Kier alpha value is -2.30. The van der Waals surface area contributed by atoms with E-state index >= 15 is 0 Å². The number of amides is 2. The van der Waals surface area contributed by atoms with Crippen LogP contribution in [0.25, 0.3) is 0 Å². The molecule has 2 aromatic rings. The largest absolute Gasteiger partial charge is 0.335 e. The molecule has 0 unspecified atom stereocenters. The molecule has 2 N–H and O–H groups in total. The van der Waals surface area contributed by atoms with E-state index in [1.165, 1.54) is 11.1 Å². The van der Waals surface area contributed by atoms with E-state index in [0.29, 0.717) is 0 Å². The molecule has 0 spiro atoms. The number of fused-ring (bicyclic) bond motifs is 1. The average Bonchev–Trinajstić information content (AvgIpc) is 3.05. The van der Waals surface area contributed by atoms with Crippen molar-refractivity contribution >= 4 is 6.03 Å². The van der Waals surface area contributed by atoms with Gasteiger partial charge in [0.2, 0.25) is 0 Å². The summed E-state index contributed by atoms with van der Waals surface area (Å²) in [5.74, 6) is 0. The molecule has 0 saturated carbocycles. The van der Waals surface area contributed by atoms with Crippen molar-refractivity contribution in [1.82, 2.24) is 20.4 Å². The van der Waals surface area contributed by atoms with Gasteiger partial charge in [0.1, 0.15) is 0 Å². The van der Waals surface area contributed by atoms with Gasteiger partial charge in [-0.3, -0.25) is 4.68 Å². The number of hydrogen-bond donors (Lipinski definition) is 2. The number of hydrogen-bond acceptors (Lipinski definition) is 2. The topological polar surface area (TPSA) is 59.0 Å². The number of carbonyl (C=O) groups excluding carboxylic acids is 1. The zero-order valence-corrected chi connectivity index (χ0v) is 14.9. The Morgan fingerprint density at radius 1 is 1.29 bits per heavy atom. The van der Waals surface area contributed by atoms with Gasteiger partial charge in [-0.1, -0.05) is 31.2 Å². The standard InChI is InChI=1S/C19H26N4O/c1-5-17(18-12(2)22-23(4)13(18)3)21-19(24)20-16-10-14-8-6-7-9-15(14)11-16/h6-9,16-17H,5,10-11H2,1-4H3,(H2,20,21,24)/t17-/m0/s1. The molecule has 1 atom stereocenters. The minimum atomic E-state index is -0.0951. The lowest BCUT2D eigenvalue weighted by atomic mass is 10.0. The summed E-state index contributed by atoms with van der Waals surface area (Å²) in [6, 6.07) is 8.48. The summed E-state index contributed by atoms with van der Waals surface area (Å²) in [6.45, 7) is 6.13. The van der Waals surface area contributed by atoms with Crippen LogP contribution in [0.5, 0.6) is 0 Å². The molecule has 5 heteroatoms. The number of urea groups is 1. The predicted molar refractivity (Wildman–Crippen MR) is 95.0 cm³/mol. The first-order valence-electron chi connectivity index (χ1n) is 8.63. The number of aryl methyl sites for hydroxylation is 2. The highest BCUT2D eigenvalue weighted by atomic mass is 16.2. The Labute approximate surface area is 143 Å². The fourth-order valence-electron chi connectivity index (χ4n) is 3.72. The van der Waals surface area contributed by atoms with Crippen LogP contribution >= 0.6 is 0 Å². The highest BCUT2D eigenvalue weighted by Crippen LogP contribution is 2.24. The van der Waals surface area contributed by atoms with Gasteiger partial charge in [-0.2, -0.15) is 5.10 Å². The van der Waals surface area contributed by atoms with E-state index in [9.17, 15) is 4.79 Å². The fraction of sp³-hybridized carbons (Fsp3) is 0.474. The third kappa shape index (κ3) is 3.16. The van der Waals surface area contributed by atoms with Crippen LogP contribution in [0.4, 0.5) is 4.79 Å². The lowest BCUT2D eigenvalue weighted by Crippen LogP contribution is -2.44. The molecule has 0 aliphatic heterocycles. The normalized spacial score (nSPS) is 15.2. The van der Waals surface area contributed by atoms with Crippen molar-refractivity contribution in [2.75, 3.05) is 0 Å². The summed E-state index contributed by atoms with van der Waals surface area (Å²) >= 11 is 0. The highest BCUT2D eigenvalue weighted by Gasteiger charge is 2.25. The second-order valence-electron chi connectivity index (χ2n) is 6.66. The Bertz CT molecular complexity index is 725. The van der Waals surface area contributed by atoms with Crippen molar-refractivity contribution in [2.45, 2.75) is 52.1 Å². The molecule has 5 nitrogen and oxygen atoms in total. The maximum absolute atomic E-state index is 12.5. The van der Waals surface area contributed by atoms with Crippen LogP contribution in [0.2, 0.25) is 0 Å². The fourth-order valence-corrected chi connectivity index (χ4v) is 3.72. The molecule has 0 saturated heterocycles. The van der Waals surface area contributed by atoms with Crippen LogP contribution in [0.3, 0.4) is 0 Å².